The van der Waals surface area contributed by atoms with E-state index in [9.17, 15) is 27.6 Å². The molecule has 0 unspecified atom stereocenters. The van der Waals surface area contributed by atoms with Crippen LogP contribution in [0.5, 0.6) is 0 Å². The van der Waals surface area contributed by atoms with E-state index in [-0.39, 0.29) is 37.9 Å². The summed E-state index contributed by atoms with van der Waals surface area (Å²) in [5.41, 5.74) is -2.76. The number of ether oxygens (including phenoxy) is 1. The van der Waals surface area contributed by atoms with Crippen molar-refractivity contribution in [2.24, 2.45) is 5.41 Å². The minimum atomic E-state index is -4.58. The van der Waals surface area contributed by atoms with Crippen molar-refractivity contribution in [3.8, 4) is 6.07 Å². The summed E-state index contributed by atoms with van der Waals surface area (Å²) >= 11 is 0. The number of piperidine rings is 1. The lowest BCUT2D eigenvalue weighted by molar-refractivity contribution is -0.137. The standard InChI is InChI=1S/C19H22F4N2O2/c1-17(2,3)27-16(26)25-8-6-18(12-24,7-9-25)11-13-10-14(19(21,22)23)4-5-15(13)20/h4-5,10H,6-9,11H2,1-3H3. The maximum atomic E-state index is 14.0. The summed E-state index contributed by atoms with van der Waals surface area (Å²) in [6, 6.07) is 4.35. The summed E-state index contributed by atoms with van der Waals surface area (Å²) < 4.78 is 58.0. The predicted octanol–water partition coefficient (Wildman–Crippen LogP) is 4.93. The summed E-state index contributed by atoms with van der Waals surface area (Å²) in [6.07, 6.45) is -4.75. The Bertz CT molecular complexity index is 740. The van der Waals surface area contributed by atoms with Crippen LogP contribution in [0.4, 0.5) is 22.4 Å². The van der Waals surface area contributed by atoms with Gasteiger partial charge < -0.3 is 9.64 Å². The van der Waals surface area contributed by atoms with Crippen molar-refractivity contribution in [1.82, 2.24) is 4.90 Å². The number of nitriles is 1. The predicted molar refractivity (Wildman–Crippen MR) is 90.2 cm³/mol. The van der Waals surface area contributed by atoms with Gasteiger partial charge >= 0.3 is 12.3 Å². The highest BCUT2D eigenvalue weighted by Gasteiger charge is 2.39. The average molecular weight is 386 g/mol. The van der Waals surface area contributed by atoms with Crippen molar-refractivity contribution >= 4 is 6.09 Å². The lowest BCUT2D eigenvalue weighted by Gasteiger charge is -2.38. The zero-order chi connectivity index (χ0) is 20.5. The Labute approximate surface area is 155 Å². The molecule has 0 saturated carbocycles. The van der Waals surface area contributed by atoms with Gasteiger partial charge in [-0.2, -0.15) is 18.4 Å². The Morgan fingerprint density at radius 1 is 1.26 bits per heavy atom. The first-order chi connectivity index (χ1) is 12.4. The number of amides is 1. The molecular formula is C19H22F4N2O2. The van der Waals surface area contributed by atoms with Gasteiger partial charge in [-0.1, -0.05) is 0 Å². The molecule has 4 nitrogen and oxygen atoms in total. The summed E-state index contributed by atoms with van der Waals surface area (Å²) in [5, 5.41) is 9.60. The third-order valence-electron chi connectivity index (χ3n) is 4.51. The molecular weight excluding hydrogens is 364 g/mol. The molecule has 1 saturated heterocycles. The van der Waals surface area contributed by atoms with Gasteiger partial charge in [0.1, 0.15) is 11.4 Å². The van der Waals surface area contributed by atoms with E-state index in [1.807, 2.05) is 0 Å². The summed E-state index contributed by atoms with van der Waals surface area (Å²) in [4.78, 5) is 13.6. The van der Waals surface area contributed by atoms with Gasteiger partial charge in [0.25, 0.3) is 0 Å². The van der Waals surface area contributed by atoms with E-state index in [2.05, 4.69) is 6.07 Å². The number of carbonyl (C=O) groups is 1. The number of halogens is 4. The molecule has 1 heterocycles. The number of rotatable bonds is 2. The van der Waals surface area contributed by atoms with Gasteiger partial charge in [0.05, 0.1) is 17.0 Å². The molecule has 1 amide bonds. The van der Waals surface area contributed by atoms with Crippen molar-refractivity contribution in [2.45, 2.75) is 51.8 Å². The Morgan fingerprint density at radius 3 is 2.33 bits per heavy atom. The molecule has 1 aliphatic rings. The molecule has 1 aliphatic heterocycles. The van der Waals surface area contributed by atoms with Crippen molar-refractivity contribution in [3.63, 3.8) is 0 Å². The minimum absolute atomic E-state index is 0.137. The highest BCUT2D eigenvalue weighted by molar-refractivity contribution is 5.68. The SMILES string of the molecule is CC(C)(C)OC(=O)N1CCC(C#N)(Cc2cc(C(F)(F)F)ccc2F)CC1. The molecule has 0 spiro atoms. The minimum Gasteiger partial charge on any atom is -0.444 e. The van der Waals surface area contributed by atoms with Crippen molar-refractivity contribution in [3.05, 3.63) is 35.1 Å². The highest BCUT2D eigenvalue weighted by Crippen LogP contribution is 2.37. The molecule has 0 aromatic heterocycles. The molecule has 2 rings (SSSR count). The van der Waals surface area contributed by atoms with Crippen molar-refractivity contribution < 1.29 is 27.1 Å². The van der Waals surface area contributed by atoms with Crippen LogP contribution < -0.4 is 0 Å². The fourth-order valence-electron chi connectivity index (χ4n) is 3.02. The summed E-state index contributed by atoms with van der Waals surface area (Å²) in [7, 11) is 0. The van der Waals surface area contributed by atoms with Crippen LogP contribution in [0.2, 0.25) is 0 Å². The number of benzene rings is 1. The van der Waals surface area contributed by atoms with E-state index in [0.717, 1.165) is 12.1 Å². The Kier molecular flexibility index (Phi) is 5.74. The fourth-order valence-corrected chi connectivity index (χ4v) is 3.02. The monoisotopic (exact) mass is 386 g/mol. The summed E-state index contributed by atoms with van der Waals surface area (Å²) in [6.45, 7) is 5.67. The third-order valence-corrected chi connectivity index (χ3v) is 4.51. The number of hydrogen-bond acceptors (Lipinski definition) is 3. The second-order valence-corrected chi connectivity index (χ2v) is 7.84. The zero-order valence-corrected chi connectivity index (χ0v) is 15.5. The van der Waals surface area contributed by atoms with Crippen LogP contribution in [0, 0.1) is 22.6 Å². The van der Waals surface area contributed by atoms with Crippen molar-refractivity contribution in [1.29, 1.82) is 5.26 Å². The van der Waals surface area contributed by atoms with Gasteiger partial charge in [-0.25, -0.2) is 9.18 Å². The number of alkyl halides is 3. The second-order valence-electron chi connectivity index (χ2n) is 7.84. The molecule has 0 radical (unpaired) electrons. The average Bonchev–Trinajstić information content (AvgIpc) is 2.55. The molecule has 27 heavy (non-hydrogen) atoms. The molecule has 0 bridgehead atoms. The van der Waals surface area contributed by atoms with E-state index in [1.54, 1.807) is 20.8 Å². The maximum absolute atomic E-state index is 14.0. The van der Waals surface area contributed by atoms with Crippen LogP contribution >= 0.6 is 0 Å². The first-order valence-electron chi connectivity index (χ1n) is 8.60. The Morgan fingerprint density at radius 2 is 1.85 bits per heavy atom. The lowest BCUT2D eigenvalue weighted by Crippen LogP contribution is -2.45. The van der Waals surface area contributed by atoms with Gasteiger partial charge in [-0.05, 0) is 63.8 Å². The van der Waals surface area contributed by atoms with Gasteiger partial charge in [0.15, 0.2) is 0 Å². The molecule has 1 fully saturated rings. The van der Waals surface area contributed by atoms with Crippen molar-refractivity contribution in [2.75, 3.05) is 13.1 Å². The largest absolute Gasteiger partial charge is 0.444 e. The molecule has 1 aromatic carbocycles. The maximum Gasteiger partial charge on any atom is 0.416 e. The van der Waals surface area contributed by atoms with E-state index in [0.29, 0.717) is 6.07 Å². The number of hydrogen-bond donors (Lipinski definition) is 0. The summed E-state index contributed by atoms with van der Waals surface area (Å²) in [5.74, 6) is -0.771. The third kappa shape index (κ3) is 5.34. The van der Waals surface area contributed by atoms with E-state index >= 15 is 0 Å². The zero-order valence-electron chi connectivity index (χ0n) is 15.5. The van der Waals surface area contributed by atoms with Gasteiger partial charge in [0, 0.05) is 13.1 Å². The molecule has 148 valence electrons. The number of likely N-dealkylation sites (tertiary alicyclic amines) is 1. The Balaban J connectivity index is 2.13. The molecule has 0 aliphatic carbocycles. The topological polar surface area (TPSA) is 53.3 Å². The number of carbonyl (C=O) groups excluding carboxylic acids is 1. The molecule has 1 aromatic rings. The Hall–Kier alpha value is -2.30. The smallest absolute Gasteiger partial charge is 0.416 e. The van der Waals surface area contributed by atoms with Crippen LogP contribution in [0.3, 0.4) is 0 Å². The van der Waals surface area contributed by atoms with Crippen LogP contribution in [-0.4, -0.2) is 29.7 Å². The van der Waals surface area contributed by atoms with E-state index < -0.39 is 34.7 Å². The quantitative estimate of drug-likeness (QED) is 0.678. The van der Waals surface area contributed by atoms with E-state index in [4.69, 9.17) is 4.74 Å². The first kappa shape index (κ1) is 21.0. The van der Waals surface area contributed by atoms with Crippen LogP contribution in [0.15, 0.2) is 18.2 Å². The highest BCUT2D eigenvalue weighted by atomic mass is 19.4. The van der Waals surface area contributed by atoms with Crippen LogP contribution in [0.25, 0.3) is 0 Å². The second kappa shape index (κ2) is 7.37. The normalized spacial score (nSPS) is 17.3. The van der Waals surface area contributed by atoms with Gasteiger partial charge in [-0.15, -0.1) is 0 Å². The number of nitrogens with zero attached hydrogens (tertiary/aromatic N) is 2. The first-order valence-corrected chi connectivity index (χ1v) is 8.60. The fraction of sp³-hybridized carbons (Fsp3) is 0.579. The lowest BCUT2D eigenvalue weighted by atomic mass is 9.75. The van der Waals surface area contributed by atoms with Crippen LogP contribution in [0.1, 0.15) is 44.7 Å². The van der Waals surface area contributed by atoms with Gasteiger partial charge in [-0.3, -0.25) is 0 Å². The van der Waals surface area contributed by atoms with Crippen LogP contribution in [-0.2, 0) is 17.3 Å². The molecule has 0 atom stereocenters. The van der Waals surface area contributed by atoms with Gasteiger partial charge in [0.2, 0.25) is 0 Å². The molecule has 8 heteroatoms. The van der Waals surface area contributed by atoms with E-state index in [1.165, 1.54) is 4.90 Å². The molecule has 0 N–H and O–H groups in total.